The van der Waals surface area contributed by atoms with Crippen LogP contribution in [0.15, 0.2) is 83.8 Å². The fourth-order valence-electron chi connectivity index (χ4n) is 3.72. The first-order valence-electron chi connectivity index (χ1n) is 10.4. The molecule has 1 fully saturated rings. The number of hydrogen-bond donors (Lipinski definition) is 0. The highest BCUT2D eigenvalue weighted by molar-refractivity contribution is 8.02. The second kappa shape index (κ2) is 9.90. The fraction of sp³-hybridized carbons (Fsp3) is 0.240. The van der Waals surface area contributed by atoms with E-state index in [1.165, 1.54) is 16.1 Å². The van der Waals surface area contributed by atoms with E-state index >= 15 is 0 Å². The molecule has 0 saturated carbocycles. The molecule has 32 heavy (non-hydrogen) atoms. The van der Waals surface area contributed by atoms with E-state index in [2.05, 4.69) is 0 Å². The predicted molar refractivity (Wildman–Crippen MR) is 128 cm³/mol. The Morgan fingerprint density at radius 3 is 2.28 bits per heavy atom. The molecule has 3 aromatic rings. The van der Waals surface area contributed by atoms with Gasteiger partial charge in [-0.1, -0.05) is 54.6 Å². The van der Waals surface area contributed by atoms with Crippen LogP contribution in [0.5, 0.6) is 5.75 Å². The van der Waals surface area contributed by atoms with Crippen LogP contribution in [0.2, 0.25) is 0 Å². The summed E-state index contributed by atoms with van der Waals surface area (Å²) >= 11 is 1.40. The van der Waals surface area contributed by atoms with E-state index in [1.807, 2.05) is 66.7 Å². The van der Waals surface area contributed by atoms with Crippen molar-refractivity contribution in [3.8, 4) is 16.9 Å². The normalized spacial score (nSPS) is 16.7. The second-order valence-electron chi connectivity index (χ2n) is 7.54. The van der Waals surface area contributed by atoms with Gasteiger partial charge in [0.1, 0.15) is 11.1 Å². The number of thioether (sulfide) groups is 1. The number of hydrogen-bond acceptors (Lipinski definition) is 5. The summed E-state index contributed by atoms with van der Waals surface area (Å²) in [6.07, 6.45) is 0.864. The van der Waals surface area contributed by atoms with Crippen molar-refractivity contribution >= 4 is 27.6 Å². The summed E-state index contributed by atoms with van der Waals surface area (Å²) < 4.78 is 33.1. The first kappa shape index (κ1) is 22.6. The molecule has 0 aliphatic carbocycles. The SMILES string of the molecule is COc1ccc(CCC(=O)C2SCCN2S(=O)(=O)c2ccc(-c3ccccc3)cc2)cc1. The highest BCUT2D eigenvalue weighted by Gasteiger charge is 2.39. The zero-order chi connectivity index (χ0) is 22.6. The Hall–Kier alpha value is -2.61. The molecule has 1 aliphatic rings. The summed E-state index contributed by atoms with van der Waals surface area (Å²) in [5, 5.41) is -0.674. The zero-order valence-electron chi connectivity index (χ0n) is 17.8. The third kappa shape index (κ3) is 4.90. The lowest BCUT2D eigenvalue weighted by atomic mass is 10.1. The van der Waals surface area contributed by atoms with Crippen molar-refractivity contribution in [2.24, 2.45) is 0 Å². The highest BCUT2D eigenvalue weighted by Crippen LogP contribution is 2.32. The Morgan fingerprint density at radius 2 is 1.62 bits per heavy atom. The van der Waals surface area contributed by atoms with E-state index < -0.39 is 15.4 Å². The van der Waals surface area contributed by atoms with E-state index in [9.17, 15) is 13.2 Å². The third-order valence-corrected chi connectivity index (χ3v) is 8.78. The molecular weight excluding hydrogens is 442 g/mol. The molecule has 3 aromatic carbocycles. The monoisotopic (exact) mass is 467 g/mol. The van der Waals surface area contributed by atoms with Gasteiger partial charge in [0.25, 0.3) is 0 Å². The van der Waals surface area contributed by atoms with Crippen LogP contribution in [0, 0.1) is 0 Å². The molecule has 0 N–H and O–H groups in total. The summed E-state index contributed by atoms with van der Waals surface area (Å²) in [6, 6.07) is 24.3. The Kier molecular flexibility index (Phi) is 6.98. The Labute approximate surface area is 193 Å². The Morgan fingerprint density at radius 1 is 0.969 bits per heavy atom. The van der Waals surface area contributed by atoms with Crippen LogP contribution in [-0.4, -0.2) is 43.3 Å². The minimum Gasteiger partial charge on any atom is -0.497 e. The molecule has 4 rings (SSSR count). The lowest BCUT2D eigenvalue weighted by Gasteiger charge is -2.22. The number of carbonyl (C=O) groups is 1. The summed E-state index contributed by atoms with van der Waals surface area (Å²) in [6.45, 7) is 0.340. The van der Waals surface area contributed by atoms with Gasteiger partial charge in [0.05, 0.1) is 12.0 Å². The molecule has 0 amide bonds. The standard InChI is InChI=1S/C25H25NO4S2/c1-30-22-12-7-19(8-13-22)9-16-24(27)25-26(17-18-31-25)32(28,29)23-14-10-21(11-15-23)20-5-3-2-4-6-20/h2-8,10-15,25H,9,16-18H2,1H3. The molecule has 0 radical (unpaired) electrons. The van der Waals surface area contributed by atoms with E-state index in [1.54, 1.807) is 19.2 Å². The number of carbonyl (C=O) groups excluding carboxylic acids is 1. The van der Waals surface area contributed by atoms with Crippen molar-refractivity contribution in [2.45, 2.75) is 23.1 Å². The average Bonchev–Trinajstić information content (AvgIpc) is 3.35. The molecule has 166 valence electrons. The van der Waals surface area contributed by atoms with Crippen LogP contribution >= 0.6 is 11.8 Å². The smallest absolute Gasteiger partial charge is 0.244 e. The zero-order valence-corrected chi connectivity index (χ0v) is 19.4. The number of aryl methyl sites for hydroxylation is 1. The first-order valence-corrected chi connectivity index (χ1v) is 12.9. The number of ether oxygens (including phenoxy) is 1. The highest BCUT2D eigenvalue weighted by atomic mass is 32.2. The third-order valence-electron chi connectivity index (χ3n) is 5.51. The maximum absolute atomic E-state index is 13.3. The van der Waals surface area contributed by atoms with E-state index in [0.29, 0.717) is 25.1 Å². The Balaban J connectivity index is 1.45. The van der Waals surface area contributed by atoms with Gasteiger partial charge in [0, 0.05) is 18.7 Å². The van der Waals surface area contributed by atoms with E-state index in [4.69, 9.17) is 4.74 Å². The minimum absolute atomic E-state index is 0.0622. The number of sulfonamides is 1. The number of ketones is 1. The Bertz CT molecular complexity index is 1160. The van der Waals surface area contributed by atoms with Gasteiger partial charge in [-0.3, -0.25) is 4.79 Å². The lowest BCUT2D eigenvalue weighted by molar-refractivity contribution is -0.120. The number of rotatable bonds is 8. The molecule has 1 unspecified atom stereocenters. The average molecular weight is 468 g/mol. The van der Waals surface area contributed by atoms with Crippen molar-refractivity contribution in [3.05, 3.63) is 84.4 Å². The molecule has 0 bridgehead atoms. The number of benzene rings is 3. The largest absolute Gasteiger partial charge is 0.497 e. The van der Waals surface area contributed by atoms with E-state index in [0.717, 1.165) is 22.4 Å². The lowest BCUT2D eigenvalue weighted by Crippen LogP contribution is -2.39. The van der Waals surface area contributed by atoms with Crippen molar-refractivity contribution in [3.63, 3.8) is 0 Å². The molecule has 0 aromatic heterocycles. The van der Waals surface area contributed by atoms with Gasteiger partial charge in [0.2, 0.25) is 10.0 Å². The molecule has 1 atom stereocenters. The van der Waals surface area contributed by atoms with Gasteiger partial charge in [-0.25, -0.2) is 8.42 Å². The summed E-state index contributed by atoms with van der Waals surface area (Å²) in [5.41, 5.74) is 3.00. The summed E-state index contributed by atoms with van der Waals surface area (Å²) in [4.78, 5) is 13.1. The van der Waals surface area contributed by atoms with Crippen molar-refractivity contribution in [1.82, 2.24) is 4.31 Å². The first-order chi connectivity index (χ1) is 15.5. The maximum atomic E-state index is 13.3. The predicted octanol–water partition coefficient (Wildman–Crippen LogP) is 4.63. The number of nitrogens with zero attached hydrogens (tertiary/aromatic N) is 1. The van der Waals surface area contributed by atoms with Crippen LogP contribution < -0.4 is 4.74 Å². The number of Topliss-reactive ketones (excluding diaryl/α,β-unsaturated/α-hetero) is 1. The summed E-state index contributed by atoms with van der Waals surface area (Å²) in [5.74, 6) is 1.31. The van der Waals surface area contributed by atoms with Crippen molar-refractivity contribution in [2.75, 3.05) is 19.4 Å². The van der Waals surface area contributed by atoms with E-state index in [-0.39, 0.29) is 10.7 Å². The van der Waals surface area contributed by atoms with Gasteiger partial charge < -0.3 is 4.74 Å². The van der Waals surface area contributed by atoms with Gasteiger partial charge in [-0.05, 0) is 47.4 Å². The number of methoxy groups -OCH3 is 1. The van der Waals surface area contributed by atoms with Gasteiger partial charge in [0.15, 0.2) is 5.78 Å². The molecular formula is C25H25NO4S2. The quantitative estimate of drug-likeness (QED) is 0.483. The van der Waals surface area contributed by atoms with Crippen LogP contribution in [0.1, 0.15) is 12.0 Å². The second-order valence-corrected chi connectivity index (χ2v) is 10.6. The molecule has 1 heterocycles. The molecule has 1 aliphatic heterocycles. The van der Waals surface area contributed by atoms with Crippen LogP contribution in [0.25, 0.3) is 11.1 Å². The fourth-order valence-corrected chi connectivity index (χ4v) is 6.91. The molecule has 0 spiro atoms. The molecule has 7 heteroatoms. The van der Waals surface area contributed by atoms with Crippen LogP contribution in [0.3, 0.4) is 0 Å². The van der Waals surface area contributed by atoms with Gasteiger partial charge >= 0.3 is 0 Å². The van der Waals surface area contributed by atoms with Gasteiger partial charge in [-0.15, -0.1) is 11.8 Å². The van der Waals surface area contributed by atoms with Gasteiger partial charge in [-0.2, -0.15) is 4.31 Å². The van der Waals surface area contributed by atoms with Crippen molar-refractivity contribution in [1.29, 1.82) is 0 Å². The molecule has 5 nitrogen and oxygen atoms in total. The van der Waals surface area contributed by atoms with Crippen LogP contribution in [0.4, 0.5) is 0 Å². The van der Waals surface area contributed by atoms with Crippen LogP contribution in [-0.2, 0) is 21.2 Å². The van der Waals surface area contributed by atoms with Crippen molar-refractivity contribution < 1.29 is 17.9 Å². The minimum atomic E-state index is -3.75. The summed E-state index contributed by atoms with van der Waals surface area (Å²) in [7, 11) is -2.14. The maximum Gasteiger partial charge on any atom is 0.244 e. The molecule has 1 saturated heterocycles. The topological polar surface area (TPSA) is 63.7 Å².